The monoisotopic (exact) mass is 675 g/mol. The third-order valence-corrected chi connectivity index (χ3v) is 11.4. The Hall–Kier alpha value is -2.77. The molecule has 0 radical (unpaired) electrons. The summed E-state index contributed by atoms with van der Waals surface area (Å²) in [4.78, 5) is 52.1. The minimum Gasteiger partial charge on any atom is -0.457 e. The predicted octanol–water partition coefficient (Wildman–Crippen LogP) is 6.80. The van der Waals surface area contributed by atoms with E-state index in [0.717, 1.165) is 6.42 Å². The standard InChI is InChI=1S/C38H65N3O7/c1-16-34(7,8)29(32(45)48-31(44)25-18-19-28(42)41-25)37(13,14)38(15,40)27(47-30(43)24(2)3)23-35(9,10)36(11,12)26(22-33(4,5)6)46-21-17-20-39/h25-27,29H,2,16-19,21-23,40H2,1,3-15H3,(H,41,42). The summed E-state index contributed by atoms with van der Waals surface area (Å²) < 4.78 is 18.1. The highest BCUT2D eigenvalue weighted by Crippen LogP contribution is 2.54. The molecule has 0 aromatic rings. The molecule has 1 rings (SSSR count). The number of carbonyl (C=O) groups excluding carboxylic acids is 4. The van der Waals surface area contributed by atoms with Crippen molar-refractivity contribution in [3.8, 4) is 6.07 Å². The third-order valence-electron chi connectivity index (χ3n) is 11.4. The van der Waals surface area contributed by atoms with Gasteiger partial charge in [0.1, 0.15) is 12.1 Å². The molecule has 10 heteroatoms. The van der Waals surface area contributed by atoms with Crippen molar-refractivity contribution < 1.29 is 33.4 Å². The minimum atomic E-state index is -1.34. The normalized spacial score (nSPS) is 19.3. The van der Waals surface area contributed by atoms with Crippen LogP contribution in [0.2, 0.25) is 0 Å². The zero-order valence-electron chi connectivity index (χ0n) is 32.3. The lowest BCUT2D eigenvalue weighted by Gasteiger charge is -2.55. The summed E-state index contributed by atoms with van der Waals surface area (Å²) in [5, 5.41) is 11.8. The Morgan fingerprint density at radius 2 is 1.54 bits per heavy atom. The summed E-state index contributed by atoms with van der Waals surface area (Å²) >= 11 is 0. The molecule has 0 aromatic heterocycles. The first-order valence-electron chi connectivity index (χ1n) is 17.3. The molecule has 5 atom stereocenters. The van der Waals surface area contributed by atoms with Gasteiger partial charge in [-0.3, -0.25) is 9.59 Å². The Kier molecular flexibility index (Phi) is 14.3. The summed E-state index contributed by atoms with van der Waals surface area (Å²) in [6.07, 6.45) is 1.16. The molecule has 0 aromatic carbocycles. The molecule has 3 N–H and O–H groups in total. The largest absolute Gasteiger partial charge is 0.457 e. The van der Waals surface area contributed by atoms with Crippen molar-refractivity contribution in [2.75, 3.05) is 6.61 Å². The Morgan fingerprint density at radius 1 is 0.979 bits per heavy atom. The number of nitrogens with one attached hydrogen (secondary N) is 1. The van der Waals surface area contributed by atoms with Crippen LogP contribution in [0.4, 0.5) is 0 Å². The number of hydrogen-bond donors (Lipinski definition) is 2. The van der Waals surface area contributed by atoms with E-state index < -0.39 is 63.2 Å². The van der Waals surface area contributed by atoms with E-state index in [4.69, 9.17) is 19.9 Å². The highest BCUT2D eigenvalue weighted by molar-refractivity contribution is 5.94. The summed E-state index contributed by atoms with van der Waals surface area (Å²) in [7, 11) is 0. The van der Waals surface area contributed by atoms with Crippen LogP contribution in [0.1, 0.15) is 135 Å². The molecular formula is C38H65N3O7. The molecular weight excluding hydrogens is 610 g/mol. The molecule has 1 fully saturated rings. The van der Waals surface area contributed by atoms with Crippen LogP contribution in [-0.4, -0.2) is 54.2 Å². The predicted molar refractivity (Wildman–Crippen MR) is 187 cm³/mol. The topological polar surface area (TPSA) is 158 Å². The second-order valence-electron chi connectivity index (χ2n) is 17.7. The van der Waals surface area contributed by atoms with Crippen molar-refractivity contribution in [1.29, 1.82) is 5.26 Å². The molecule has 5 unspecified atom stereocenters. The number of nitrogens with zero attached hydrogens (tertiary/aromatic N) is 1. The Morgan fingerprint density at radius 3 is 1.98 bits per heavy atom. The van der Waals surface area contributed by atoms with Crippen molar-refractivity contribution >= 4 is 23.8 Å². The van der Waals surface area contributed by atoms with E-state index in [1.165, 1.54) is 0 Å². The third kappa shape index (κ3) is 10.4. The SMILES string of the molecule is C=C(C)C(=O)OC(CC(C)(C)C(C)(C)C(CC(C)(C)C)OCCC#N)C(C)(N)C(C)(C)C(C(=O)OC(=O)C1CCC(=O)N1)C(C)(C)CC. The maximum atomic E-state index is 14.1. The number of hydrogen-bond acceptors (Lipinski definition) is 9. The van der Waals surface area contributed by atoms with E-state index >= 15 is 0 Å². The minimum absolute atomic E-state index is 0.0705. The van der Waals surface area contributed by atoms with Crippen molar-refractivity contribution in [2.45, 2.75) is 159 Å². The number of rotatable bonds is 17. The number of nitriles is 1. The number of nitrogens with two attached hydrogens (primary N) is 1. The first-order chi connectivity index (χ1) is 21.6. The van der Waals surface area contributed by atoms with Crippen LogP contribution in [0.5, 0.6) is 0 Å². The number of ether oxygens (including phenoxy) is 3. The summed E-state index contributed by atoms with van der Waals surface area (Å²) in [6, 6.07) is 1.27. The van der Waals surface area contributed by atoms with Crippen LogP contribution in [0.15, 0.2) is 12.2 Å². The van der Waals surface area contributed by atoms with Gasteiger partial charge < -0.3 is 25.3 Å². The zero-order chi connectivity index (χ0) is 37.7. The van der Waals surface area contributed by atoms with Gasteiger partial charge in [-0.05, 0) is 60.2 Å². The Labute approximate surface area is 290 Å². The van der Waals surface area contributed by atoms with Crippen LogP contribution >= 0.6 is 0 Å². The van der Waals surface area contributed by atoms with E-state index in [9.17, 15) is 24.4 Å². The number of carbonyl (C=O) groups is 4. The quantitative estimate of drug-likeness (QED) is 0.0732. The maximum absolute atomic E-state index is 14.1. The Bertz CT molecular complexity index is 1230. The highest BCUT2D eigenvalue weighted by atomic mass is 16.6. The van der Waals surface area contributed by atoms with Gasteiger partial charge in [0.2, 0.25) is 5.91 Å². The van der Waals surface area contributed by atoms with E-state index in [-0.39, 0.29) is 42.3 Å². The molecule has 1 heterocycles. The van der Waals surface area contributed by atoms with Crippen molar-refractivity contribution in [3.63, 3.8) is 0 Å². The smallest absolute Gasteiger partial charge is 0.336 e. The number of esters is 3. The van der Waals surface area contributed by atoms with Gasteiger partial charge >= 0.3 is 17.9 Å². The van der Waals surface area contributed by atoms with Gasteiger partial charge in [-0.2, -0.15) is 5.26 Å². The first kappa shape index (κ1) is 43.3. The van der Waals surface area contributed by atoms with Gasteiger partial charge in [-0.25, -0.2) is 9.59 Å². The molecule has 10 nitrogen and oxygen atoms in total. The van der Waals surface area contributed by atoms with Gasteiger partial charge in [0.05, 0.1) is 36.7 Å². The van der Waals surface area contributed by atoms with Crippen LogP contribution < -0.4 is 11.1 Å². The fraction of sp³-hybridized carbons (Fsp3) is 0.816. The molecule has 0 saturated carbocycles. The lowest BCUT2D eigenvalue weighted by Crippen LogP contribution is -2.66. The van der Waals surface area contributed by atoms with Gasteiger partial charge in [0, 0.05) is 12.0 Å². The summed E-state index contributed by atoms with van der Waals surface area (Å²) in [5.74, 6) is -3.31. The van der Waals surface area contributed by atoms with E-state index in [1.807, 2.05) is 34.6 Å². The lowest BCUT2D eigenvalue weighted by molar-refractivity contribution is -0.178. The van der Waals surface area contributed by atoms with Crippen LogP contribution in [0.3, 0.4) is 0 Å². The molecule has 1 aliphatic heterocycles. The lowest BCUT2D eigenvalue weighted by atomic mass is 9.53. The number of amides is 1. The fourth-order valence-corrected chi connectivity index (χ4v) is 6.63. The van der Waals surface area contributed by atoms with Crippen molar-refractivity contribution in [2.24, 2.45) is 38.7 Å². The molecule has 1 aliphatic rings. The molecule has 0 aliphatic carbocycles. The van der Waals surface area contributed by atoms with Gasteiger partial charge in [0.25, 0.3) is 0 Å². The van der Waals surface area contributed by atoms with Gasteiger partial charge in [0.15, 0.2) is 0 Å². The van der Waals surface area contributed by atoms with Crippen LogP contribution in [0.25, 0.3) is 0 Å². The molecule has 0 bridgehead atoms. The fourth-order valence-electron chi connectivity index (χ4n) is 6.63. The average molecular weight is 676 g/mol. The second kappa shape index (κ2) is 15.8. The Balaban J connectivity index is 3.73. The summed E-state index contributed by atoms with van der Waals surface area (Å²) in [5.41, 5.74) is 3.31. The second-order valence-corrected chi connectivity index (χ2v) is 17.7. The highest BCUT2D eigenvalue weighted by Gasteiger charge is 2.59. The molecule has 48 heavy (non-hydrogen) atoms. The average Bonchev–Trinajstić information content (AvgIpc) is 3.37. The summed E-state index contributed by atoms with van der Waals surface area (Å²) in [6.45, 7) is 31.8. The van der Waals surface area contributed by atoms with Crippen LogP contribution in [-0.2, 0) is 33.4 Å². The van der Waals surface area contributed by atoms with Gasteiger partial charge in [-0.15, -0.1) is 0 Å². The molecule has 274 valence electrons. The molecule has 1 amide bonds. The molecule has 0 spiro atoms. The van der Waals surface area contributed by atoms with Gasteiger partial charge in [-0.1, -0.05) is 96.1 Å². The van der Waals surface area contributed by atoms with E-state index in [0.29, 0.717) is 19.4 Å². The van der Waals surface area contributed by atoms with E-state index in [1.54, 1.807) is 13.8 Å². The zero-order valence-corrected chi connectivity index (χ0v) is 32.3. The van der Waals surface area contributed by atoms with Crippen LogP contribution in [0, 0.1) is 44.3 Å². The van der Waals surface area contributed by atoms with E-state index in [2.05, 4.69) is 66.4 Å². The van der Waals surface area contributed by atoms with Crippen molar-refractivity contribution in [3.05, 3.63) is 12.2 Å². The maximum Gasteiger partial charge on any atom is 0.336 e. The first-order valence-corrected chi connectivity index (χ1v) is 17.3. The molecule has 1 saturated heterocycles. The van der Waals surface area contributed by atoms with Crippen molar-refractivity contribution in [1.82, 2.24) is 5.32 Å².